The number of rotatable bonds is 4. The second-order valence-corrected chi connectivity index (χ2v) is 5.74. The van der Waals surface area contributed by atoms with E-state index < -0.39 is 10.2 Å². The molecule has 1 heterocycles. The van der Waals surface area contributed by atoms with Gasteiger partial charge in [0.15, 0.2) is 0 Å². The first-order valence-corrected chi connectivity index (χ1v) is 6.93. The average Bonchev–Trinajstić information content (AvgIpc) is 2.17. The molecule has 1 fully saturated rings. The summed E-state index contributed by atoms with van der Waals surface area (Å²) in [5, 5.41) is 5.09. The van der Waals surface area contributed by atoms with Gasteiger partial charge >= 0.3 is 0 Å². The Kier molecular flexibility index (Phi) is 4.51. The zero-order valence-electron chi connectivity index (χ0n) is 9.52. The summed E-state index contributed by atoms with van der Waals surface area (Å²) < 4.78 is 23.6. The van der Waals surface area contributed by atoms with Crippen molar-refractivity contribution in [1.82, 2.24) is 9.21 Å². The summed E-state index contributed by atoms with van der Waals surface area (Å²) in [6.07, 6.45) is 2.91. The molecular formula is C9H21N3O2S. The maximum absolute atomic E-state index is 11.1. The normalized spacial score (nSPS) is 21.1. The molecule has 2 N–H and O–H groups in total. The molecule has 0 spiro atoms. The Hall–Kier alpha value is -0.170. The first-order valence-electron chi connectivity index (χ1n) is 5.43. The van der Waals surface area contributed by atoms with E-state index >= 15 is 0 Å². The summed E-state index contributed by atoms with van der Waals surface area (Å²) in [6, 6.07) is 0.0770. The van der Waals surface area contributed by atoms with Crippen LogP contribution in [0.15, 0.2) is 0 Å². The van der Waals surface area contributed by atoms with Gasteiger partial charge in [-0.1, -0.05) is 6.92 Å². The fraction of sp³-hybridized carbons (Fsp3) is 1.00. The lowest BCUT2D eigenvalue weighted by molar-refractivity contribution is 0.170. The van der Waals surface area contributed by atoms with Gasteiger partial charge in [-0.2, -0.15) is 12.7 Å². The standard InChI is InChI=1S/C9H21N3O2S/c1-3-6-12-7-4-9(5-8-12)11(2)15(10,13)14/h9H,3-8H2,1-2H3,(H2,10,13,14). The summed E-state index contributed by atoms with van der Waals surface area (Å²) in [7, 11) is -1.95. The number of likely N-dealkylation sites (tertiary alicyclic amines) is 1. The molecule has 0 atom stereocenters. The van der Waals surface area contributed by atoms with E-state index in [9.17, 15) is 8.42 Å². The summed E-state index contributed by atoms with van der Waals surface area (Å²) >= 11 is 0. The molecule has 15 heavy (non-hydrogen) atoms. The van der Waals surface area contributed by atoms with E-state index in [1.807, 2.05) is 0 Å². The Morgan fingerprint density at radius 1 is 1.40 bits per heavy atom. The fourth-order valence-corrected chi connectivity index (χ4v) is 2.66. The maximum atomic E-state index is 11.1. The van der Waals surface area contributed by atoms with Crippen LogP contribution in [0.1, 0.15) is 26.2 Å². The Morgan fingerprint density at radius 2 is 1.93 bits per heavy atom. The molecule has 0 radical (unpaired) electrons. The number of hydrogen-bond donors (Lipinski definition) is 1. The van der Waals surface area contributed by atoms with Crippen LogP contribution in [0.25, 0.3) is 0 Å². The van der Waals surface area contributed by atoms with Crippen molar-refractivity contribution in [2.24, 2.45) is 5.14 Å². The van der Waals surface area contributed by atoms with Crippen LogP contribution >= 0.6 is 0 Å². The lowest BCUT2D eigenvalue weighted by Gasteiger charge is -2.35. The molecular weight excluding hydrogens is 214 g/mol. The zero-order chi connectivity index (χ0) is 11.5. The SMILES string of the molecule is CCCN1CCC(N(C)S(N)(=O)=O)CC1. The first kappa shape index (κ1) is 12.9. The van der Waals surface area contributed by atoms with Gasteiger partial charge in [-0.25, -0.2) is 5.14 Å². The fourth-order valence-electron chi connectivity index (χ4n) is 2.03. The maximum Gasteiger partial charge on any atom is 0.276 e. The molecule has 5 nitrogen and oxygen atoms in total. The highest BCUT2D eigenvalue weighted by molar-refractivity contribution is 7.86. The number of nitrogens with two attached hydrogens (primary N) is 1. The van der Waals surface area contributed by atoms with Crippen LogP contribution in [-0.4, -0.2) is 50.3 Å². The van der Waals surface area contributed by atoms with E-state index in [4.69, 9.17) is 5.14 Å². The largest absolute Gasteiger partial charge is 0.303 e. The van der Waals surface area contributed by atoms with Gasteiger partial charge in [-0.05, 0) is 38.9 Å². The highest BCUT2D eigenvalue weighted by Crippen LogP contribution is 2.16. The Balaban J connectivity index is 2.44. The van der Waals surface area contributed by atoms with Gasteiger partial charge in [-0.3, -0.25) is 0 Å². The van der Waals surface area contributed by atoms with E-state index in [1.54, 1.807) is 7.05 Å². The van der Waals surface area contributed by atoms with Gasteiger partial charge in [0.05, 0.1) is 0 Å². The van der Waals surface area contributed by atoms with E-state index in [0.29, 0.717) is 0 Å². The van der Waals surface area contributed by atoms with Gasteiger partial charge in [0.1, 0.15) is 0 Å². The predicted octanol–water partition coefficient (Wildman–Crippen LogP) is -0.00390. The summed E-state index contributed by atoms with van der Waals surface area (Å²) in [5.74, 6) is 0. The number of hydrogen-bond acceptors (Lipinski definition) is 3. The summed E-state index contributed by atoms with van der Waals surface area (Å²) in [6.45, 7) is 5.20. The van der Waals surface area contributed by atoms with Crippen molar-refractivity contribution in [3.8, 4) is 0 Å². The third-order valence-electron chi connectivity index (χ3n) is 3.01. The van der Waals surface area contributed by atoms with Crippen molar-refractivity contribution < 1.29 is 8.42 Å². The zero-order valence-corrected chi connectivity index (χ0v) is 10.3. The van der Waals surface area contributed by atoms with Crippen LogP contribution in [0.5, 0.6) is 0 Å². The van der Waals surface area contributed by atoms with Gasteiger partial charge in [-0.15, -0.1) is 0 Å². The minimum absolute atomic E-state index is 0.0770. The number of piperidine rings is 1. The molecule has 90 valence electrons. The highest BCUT2D eigenvalue weighted by atomic mass is 32.2. The molecule has 6 heteroatoms. The molecule has 1 aliphatic rings. The van der Waals surface area contributed by atoms with E-state index in [-0.39, 0.29) is 6.04 Å². The molecule has 0 saturated carbocycles. The second kappa shape index (κ2) is 5.25. The van der Waals surface area contributed by atoms with E-state index in [1.165, 1.54) is 4.31 Å². The Labute approximate surface area is 92.4 Å². The van der Waals surface area contributed by atoms with Crippen molar-refractivity contribution in [3.05, 3.63) is 0 Å². The van der Waals surface area contributed by atoms with Crippen molar-refractivity contribution in [1.29, 1.82) is 0 Å². The molecule has 0 aromatic rings. The minimum Gasteiger partial charge on any atom is -0.303 e. The first-order chi connectivity index (χ1) is 6.95. The average molecular weight is 235 g/mol. The molecule has 0 aliphatic carbocycles. The molecule has 0 amide bonds. The lowest BCUT2D eigenvalue weighted by Crippen LogP contribution is -2.47. The van der Waals surface area contributed by atoms with Crippen LogP contribution in [0.4, 0.5) is 0 Å². The Bertz CT molecular complexity index is 284. The smallest absolute Gasteiger partial charge is 0.276 e. The summed E-state index contributed by atoms with van der Waals surface area (Å²) in [5.41, 5.74) is 0. The topological polar surface area (TPSA) is 66.6 Å². The van der Waals surface area contributed by atoms with Crippen LogP contribution in [-0.2, 0) is 10.2 Å². The Morgan fingerprint density at radius 3 is 2.33 bits per heavy atom. The summed E-state index contributed by atoms with van der Waals surface area (Å²) in [4.78, 5) is 2.37. The molecule has 0 unspecified atom stereocenters. The van der Waals surface area contributed by atoms with Crippen molar-refractivity contribution in [2.45, 2.75) is 32.2 Å². The van der Waals surface area contributed by atoms with E-state index in [2.05, 4.69) is 11.8 Å². The molecule has 1 saturated heterocycles. The van der Waals surface area contributed by atoms with Gasteiger partial charge in [0.2, 0.25) is 0 Å². The molecule has 0 bridgehead atoms. The lowest BCUT2D eigenvalue weighted by atomic mass is 10.1. The van der Waals surface area contributed by atoms with Gasteiger partial charge < -0.3 is 4.90 Å². The third-order valence-corrected chi connectivity index (χ3v) is 4.11. The van der Waals surface area contributed by atoms with Crippen molar-refractivity contribution in [3.63, 3.8) is 0 Å². The van der Waals surface area contributed by atoms with Gasteiger partial charge in [0, 0.05) is 13.1 Å². The quantitative estimate of drug-likeness (QED) is 0.745. The van der Waals surface area contributed by atoms with Crippen LogP contribution in [0.2, 0.25) is 0 Å². The molecule has 0 aromatic carbocycles. The number of nitrogens with zero attached hydrogens (tertiary/aromatic N) is 2. The van der Waals surface area contributed by atoms with Crippen LogP contribution in [0, 0.1) is 0 Å². The molecule has 1 aliphatic heterocycles. The predicted molar refractivity (Wildman–Crippen MR) is 60.6 cm³/mol. The van der Waals surface area contributed by atoms with Crippen molar-refractivity contribution >= 4 is 10.2 Å². The van der Waals surface area contributed by atoms with Crippen LogP contribution < -0.4 is 5.14 Å². The molecule has 0 aromatic heterocycles. The van der Waals surface area contributed by atoms with Gasteiger partial charge in [0.25, 0.3) is 10.2 Å². The van der Waals surface area contributed by atoms with E-state index in [0.717, 1.165) is 38.9 Å². The van der Waals surface area contributed by atoms with Crippen molar-refractivity contribution in [2.75, 3.05) is 26.7 Å². The monoisotopic (exact) mass is 235 g/mol. The minimum atomic E-state index is -3.52. The highest BCUT2D eigenvalue weighted by Gasteiger charge is 2.26. The molecule has 1 rings (SSSR count). The van der Waals surface area contributed by atoms with Crippen LogP contribution in [0.3, 0.4) is 0 Å². The third kappa shape index (κ3) is 3.71. The second-order valence-electron chi connectivity index (χ2n) is 4.13.